The fraction of sp³-hybridized carbons (Fsp3) is 0.250. The highest BCUT2D eigenvalue weighted by atomic mass is 31.1. The van der Waals surface area contributed by atoms with Gasteiger partial charge in [-0.2, -0.15) is 0 Å². The van der Waals surface area contributed by atoms with Crippen LogP contribution in [0.1, 0.15) is 0 Å². The number of carbonyl (C=O) groups excluding carboxylic acids is 1. The van der Waals surface area contributed by atoms with Crippen LogP contribution in [0.15, 0.2) is 12.7 Å². The highest BCUT2D eigenvalue weighted by Crippen LogP contribution is 1.98. The van der Waals surface area contributed by atoms with E-state index >= 15 is 0 Å². The maximum absolute atomic E-state index is 9.95. The Hall–Kier alpha value is -0.770. The van der Waals surface area contributed by atoms with E-state index in [1.165, 1.54) is 6.08 Å². The van der Waals surface area contributed by atoms with E-state index in [2.05, 4.69) is 11.9 Å². The zero-order valence-electron chi connectivity index (χ0n) is 5.44. The van der Waals surface area contributed by atoms with Crippen molar-refractivity contribution in [3.63, 3.8) is 0 Å². The molecule has 0 aliphatic rings. The van der Waals surface area contributed by atoms with Crippen LogP contribution in [0.5, 0.6) is 0 Å². The van der Waals surface area contributed by atoms with Crippen LogP contribution in [0, 0.1) is 0 Å². The summed E-state index contributed by atoms with van der Waals surface area (Å²) in [5.41, 5.74) is 0. The molecule has 0 radical (unpaired) electrons. The van der Waals surface area contributed by atoms with E-state index in [9.17, 15) is 4.79 Å². The largest absolute Gasteiger partial charge is 0.692 e. The lowest BCUT2D eigenvalue weighted by Gasteiger charge is -1.82. The molecule has 0 aromatic rings. The first-order valence-electron chi connectivity index (χ1n) is 2.23. The quantitative estimate of drug-likeness (QED) is 0.363. The van der Waals surface area contributed by atoms with Crippen LogP contribution in [-0.4, -0.2) is 22.7 Å². The lowest BCUT2D eigenvalue weighted by Crippen LogP contribution is -2.13. The van der Waals surface area contributed by atoms with Gasteiger partial charge in [-0.1, -0.05) is 6.58 Å². The second-order valence-corrected chi connectivity index (χ2v) is 1.58. The first-order chi connectivity index (χ1) is 4.54. The molecule has 0 spiro atoms. The summed E-state index contributed by atoms with van der Waals surface area (Å²) in [6.07, 6.45) is 1.22. The van der Waals surface area contributed by atoms with Crippen molar-refractivity contribution in [2.24, 2.45) is 0 Å². The van der Waals surface area contributed by atoms with Crippen LogP contribution < -0.4 is 5.32 Å². The summed E-state index contributed by atoms with van der Waals surface area (Å²) >= 11 is 0. The molecule has 0 rings (SSSR count). The Morgan fingerprint density at radius 1 is 1.70 bits per heavy atom. The van der Waals surface area contributed by atoms with Gasteiger partial charge < -0.3 is 5.32 Å². The van der Waals surface area contributed by atoms with Gasteiger partial charge in [0.15, 0.2) is 0 Å². The Bertz CT molecular complexity index is 131. The van der Waals surface area contributed by atoms with Gasteiger partial charge >= 0.3 is 8.25 Å². The van der Waals surface area contributed by atoms with E-state index in [-0.39, 0.29) is 5.91 Å². The van der Waals surface area contributed by atoms with Crippen LogP contribution in [0.4, 0.5) is 0 Å². The Morgan fingerprint density at radius 2 is 2.00 bits per heavy atom. The summed E-state index contributed by atoms with van der Waals surface area (Å²) in [6, 6.07) is 0. The molecule has 3 N–H and O–H groups in total. The predicted molar refractivity (Wildman–Crippen MR) is 36.3 cm³/mol. The highest BCUT2D eigenvalue weighted by molar-refractivity contribution is 7.30. The van der Waals surface area contributed by atoms with Crippen molar-refractivity contribution in [3.8, 4) is 0 Å². The zero-order valence-corrected chi connectivity index (χ0v) is 6.34. The predicted octanol–water partition coefficient (Wildman–Crippen LogP) is -0.453. The molecule has 0 atom stereocenters. The zero-order chi connectivity index (χ0) is 8.57. The summed E-state index contributed by atoms with van der Waals surface area (Å²) in [5, 5.41) is 2.36. The molecule has 0 unspecified atom stereocenters. The van der Waals surface area contributed by atoms with Gasteiger partial charge in [0.05, 0.1) is 0 Å². The van der Waals surface area contributed by atoms with Crippen molar-refractivity contribution in [1.82, 2.24) is 5.32 Å². The number of hydrogen-bond acceptors (Lipinski definition) is 2. The maximum atomic E-state index is 9.95. The van der Waals surface area contributed by atoms with Gasteiger partial charge in [-0.15, -0.1) is 9.79 Å². The summed E-state index contributed by atoms with van der Waals surface area (Å²) < 4.78 is 8.70. The third-order valence-electron chi connectivity index (χ3n) is 0.432. The lowest BCUT2D eigenvalue weighted by molar-refractivity contribution is -0.116. The molecule has 6 heteroatoms. The van der Waals surface area contributed by atoms with Gasteiger partial charge in [-0.25, -0.2) is 0 Å². The van der Waals surface area contributed by atoms with Crippen LogP contribution in [0.3, 0.4) is 0 Å². The molecular weight excluding hydrogens is 157 g/mol. The van der Waals surface area contributed by atoms with E-state index in [0.717, 1.165) is 0 Å². The summed E-state index contributed by atoms with van der Waals surface area (Å²) in [6.45, 7) is 3.22. The maximum Gasteiger partial charge on any atom is 0.692 e. The molecule has 0 bridgehead atoms. The third kappa shape index (κ3) is 26.9. The molecule has 0 aromatic carbocycles. The third-order valence-corrected chi connectivity index (χ3v) is 0.432. The second-order valence-electron chi connectivity index (χ2n) is 1.07. The van der Waals surface area contributed by atoms with Crippen molar-refractivity contribution in [2.45, 2.75) is 0 Å². The fourth-order valence-electron chi connectivity index (χ4n) is 0.102. The van der Waals surface area contributed by atoms with Crippen LogP contribution in [0.25, 0.3) is 0 Å². The Labute approximate surface area is 59.3 Å². The van der Waals surface area contributed by atoms with Crippen molar-refractivity contribution in [3.05, 3.63) is 12.7 Å². The fourth-order valence-corrected chi connectivity index (χ4v) is 0.102. The van der Waals surface area contributed by atoms with Crippen molar-refractivity contribution in [1.29, 1.82) is 0 Å². The molecule has 58 valence electrons. The SMILES string of the molecule is C=CC(=O)NC.O=[P+](O)O. The number of nitrogens with one attached hydrogen (secondary N) is 1. The van der Waals surface area contributed by atoms with Crippen molar-refractivity contribution >= 4 is 14.2 Å². The minimum Gasteiger partial charge on any atom is -0.356 e. The number of amides is 1. The van der Waals surface area contributed by atoms with Crippen LogP contribution >= 0.6 is 8.25 Å². The second kappa shape index (κ2) is 8.23. The van der Waals surface area contributed by atoms with E-state index in [0.29, 0.717) is 0 Å². The molecular formula is C4H9NO4P+. The molecule has 0 fully saturated rings. The molecule has 0 aliphatic heterocycles. The van der Waals surface area contributed by atoms with Crippen molar-refractivity contribution < 1.29 is 19.1 Å². The molecule has 0 saturated carbocycles. The van der Waals surface area contributed by atoms with Crippen molar-refractivity contribution in [2.75, 3.05) is 7.05 Å². The summed E-state index contributed by atoms with van der Waals surface area (Å²) in [5.74, 6) is -0.144. The molecule has 0 heterocycles. The number of carbonyl (C=O) groups is 1. The first kappa shape index (κ1) is 12.0. The molecule has 0 aliphatic carbocycles. The summed E-state index contributed by atoms with van der Waals surface area (Å²) in [7, 11) is -1.31. The van der Waals surface area contributed by atoms with Crippen LogP contribution in [-0.2, 0) is 9.36 Å². The average Bonchev–Trinajstić information content (AvgIpc) is 1.85. The van der Waals surface area contributed by atoms with E-state index in [1.807, 2.05) is 0 Å². The van der Waals surface area contributed by atoms with E-state index < -0.39 is 8.25 Å². The van der Waals surface area contributed by atoms with Gasteiger partial charge in [0.1, 0.15) is 0 Å². The normalized spacial score (nSPS) is 6.70. The van der Waals surface area contributed by atoms with E-state index in [4.69, 9.17) is 14.4 Å². The number of likely N-dealkylation sites (N-methyl/N-ethyl adjacent to an activating group) is 1. The molecule has 10 heavy (non-hydrogen) atoms. The first-order valence-corrected chi connectivity index (χ1v) is 3.40. The molecule has 5 nitrogen and oxygen atoms in total. The van der Waals surface area contributed by atoms with E-state index in [1.54, 1.807) is 7.05 Å². The van der Waals surface area contributed by atoms with Gasteiger partial charge in [0.2, 0.25) is 5.91 Å². The monoisotopic (exact) mass is 166 g/mol. The number of hydrogen-bond donors (Lipinski definition) is 3. The average molecular weight is 166 g/mol. The standard InChI is InChI=1S/C4H7NO.HO3P/c1-3-4(6)5-2;1-4(2)3/h3H,1H2,2H3,(H,5,6);(H-,1,2,3)/p+1. The smallest absolute Gasteiger partial charge is 0.356 e. The Kier molecular flexibility index (Phi) is 9.84. The van der Waals surface area contributed by atoms with Gasteiger partial charge in [0.25, 0.3) is 0 Å². The Morgan fingerprint density at radius 3 is 2.00 bits per heavy atom. The van der Waals surface area contributed by atoms with Gasteiger partial charge in [-0.05, 0) is 6.08 Å². The number of rotatable bonds is 1. The van der Waals surface area contributed by atoms with Gasteiger partial charge in [0, 0.05) is 11.6 Å². The molecule has 0 saturated heterocycles. The topological polar surface area (TPSA) is 86.6 Å². The lowest BCUT2D eigenvalue weighted by atomic mass is 10.6. The molecule has 0 aromatic heterocycles. The van der Waals surface area contributed by atoms with Crippen LogP contribution in [0.2, 0.25) is 0 Å². The minimum atomic E-state index is -2.87. The van der Waals surface area contributed by atoms with Gasteiger partial charge in [-0.3, -0.25) is 4.79 Å². The Balaban J connectivity index is 0. The highest BCUT2D eigenvalue weighted by Gasteiger charge is 1.93. The molecule has 1 amide bonds. The minimum absolute atomic E-state index is 0.144. The summed E-state index contributed by atoms with van der Waals surface area (Å²) in [4.78, 5) is 24.2.